The Bertz CT molecular complexity index is 645. The zero-order valence-electron chi connectivity index (χ0n) is 15.5. The van der Waals surface area contributed by atoms with Crippen LogP contribution in [-0.4, -0.2) is 53.3 Å². The molecule has 0 radical (unpaired) electrons. The Morgan fingerprint density at radius 2 is 1.84 bits per heavy atom. The quantitative estimate of drug-likeness (QED) is 0.894. The Morgan fingerprint density at radius 1 is 1.16 bits per heavy atom. The van der Waals surface area contributed by atoms with Gasteiger partial charge in [0.1, 0.15) is 6.04 Å². The molecule has 0 bridgehead atoms. The third kappa shape index (κ3) is 4.03. The molecule has 1 fully saturated rings. The molecule has 136 valence electrons. The number of hydrogen-bond donors (Lipinski definition) is 1. The molecule has 0 saturated carbocycles. The molecule has 2 amide bonds. The van der Waals surface area contributed by atoms with Crippen molar-refractivity contribution in [1.29, 1.82) is 0 Å². The van der Waals surface area contributed by atoms with Crippen molar-refractivity contribution < 1.29 is 9.59 Å². The third-order valence-corrected chi connectivity index (χ3v) is 4.88. The molecule has 0 spiro atoms. The van der Waals surface area contributed by atoms with Gasteiger partial charge in [0.25, 0.3) is 5.91 Å². The smallest absolute Gasteiger partial charge is 0.255 e. The molecule has 1 unspecified atom stereocenters. The van der Waals surface area contributed by atoms with Crippen LogP contribution in [0.15, 0.2) is 24.3 Å². The summed E-state index contributed by atoms with van der Waals surface area (Å²) in [6.07, 6.45) is 3.44. The SMILES string of the molecule is CC(C)(C)NC(=O)C1c2ccccc2C(=O)N1CCCN1CCCC1. The maximum Gasteiger partial charge on any atom is 0.255 e. The highest BCUT2D eigenvalue weighted by Crippen LogP contribution is 2.34. The highest BCUT2D eigenvalue weighted by molar-refractivity contribution is 6.04. The van der Waals surface area contributed by atoms with Crippen LogP contribution in [0.5, 0.6) is 0 Å². The summed E-state index contributed by atoms with van der Waals surface area (Å²) in [5, 5.41) is 3.04. The number of likely N-dealkylation sites (tertiary alicyclic amines) is 1. The maximum atomic E-state index is 12.9. The van der Waals surface area contributed by atoms with Crippen LogP contribution in [0.3, 0.4) is 0 Å². The van der Waals surface area contributed by atoms with Gasteiger partial charge in [-0.2, -0.15) is 0 Å². The molecule has 2 heterocycles. The number of carbonyl (C=O) groups is 2. The first-order valence-electron chi connectivity index (χ1n) is 9.31. The number of nitrogens with one attached hydrogen (secondary N) is 1. The van der Waals surface area contributed by atoms with E-state index in [1.165, 1.54) is 12.8 Å². The van der Waals surface area contributed by atoms with Crippen LogP contribution in [0.4, 0.5) is 0 Å². The molecule has 25 heavy (non-hydrogen) atoms. The standard InChI is InChI=1S/C20H29N3O2/c1-20(2,3)21-18(24)17-15-9-4-5-10-16(15)19(25)23(17)14-8-13-22-11-6-7-12-22/h4-5,9-10,17H,6-8,11-14H2,1-3H3,(H,21,24). The predicted octanol–water partition coefficient (Wildman–Crippen LogP) is 2.58. The molecule has 0 aliphatic carbocycles. The molecule has 3 rings (SSSR count). The van der Waals surface area contributed by atoms with Crippen LogP contribution in [0.1, 0.15) is 62.0 Å². The maximum absolute atomic E-state index is 12.9. The molecule has 1 N–H and O–H groups in total. The summed E-state index contributed by atoms with van der Waals surface area (Å²) in [6.45, 7) is 9.81. The van der Waals surface area contributed by atoms with E-state index in [9.17, 15) is 9.59 Å². The van der Waals surface area contributed by atoms with E-state index in [4.69, 9.17) is 0 Å². The molecule has 1 aromatic rings. The fourth-order valence-corrected chi connectivity index (χ4v) is 3.79. The van der Waals surface area contributed by atoms with Gasteiger partial charge in [-0.3, -0.25) is 9.59 Å². The zero-order valence-corrected chi connectivity index (χ0v) is 15.5. The van der Waals surface area contributed by atoms with Crippen molar-refractivity contribution in [3.63, 3.8) is 0 Å². The molecule has 0 aromatic heterocycles. The van der Waals surface area contributed by atoms with Gasteiger partial charge >= 0.3 is 0 Å². The molecular formula is C20H29N3O2. The average molecular weight is 343 g/mol. The minimum atomic E-state index is -0.512. The van der Waals surface area contributed by atoms with Crippen LogP contribution >= 0.6 is 0 Å². The Kier molecular flexibility index (Phi) is 5.13. The lowest BCUT2D eigenvalue weighted by atomic mass is 10.0. The van der Waals surface area contributed by atoms with E-state index in [0.717, 1.165) is 31.6 Å². The van der Waals surface area contributed by atoms with Gasteiger partial charge in [-0.05, 0) is 71.3 Å². The lowest BCUT2D eigenvalue weighted by Crippen LogP contribution is -2.47. The van der Waals surface area contributed by atoms with E-state index in [1.54, 1.807) is 4.90 Å². The second kappa shape index (κ2) is 7.16. The van der Waals surface area contributed by atoms with E-state index in [1.807, 2.05) is 45.0 Å². The van der Waals surface area contributed by atoms with Crippen molar-refractivity contribution in [3.05, 3.63) is 35.4 Å². The van der Waals surface area contributed by atoms with Gasteiger partial charge < -0.3 is 15.1 Å². The van der Waals surface area contributed by atoms with E-state index in [-0.39, 0.29) is 17.4 Å². The minimum Gasteiger partial charge on any atom is -0.349 e. The lowest BCUT2D eigenvalue weighted by Gasteiger charge is -2.29. The first kappa shape index (κ1) is 17.9. The molecular weight excluding hydrogens is 314 g/mol. The number of fused-ring (bicyclic) bond motifs is 1. The predicted molar refractivity (Wildman–Crippen MR) is 98.4 cm³/mol. The van der Waals surface area contributed by atoms with E-state index < -0.39 is 6.04 Å². The Balaban J connectivity index is 1.74. The van der Waals surface area contributed by atoms with Gasteiger partial charge in [-0.25, -0.2) is 0 Å². The summed E-state index contributed by atoms with van der Waals surface area (Å²) >= 11 is 0. The highest BCUT2D eigenvalue weighted by atomic mass is 16.2. The highest BCUT2D eigenvalue weighted by Gasteiger charge is 2.41. The molecule has 2 aliphatic heterocycles. The van der Waals surface area contributed by atoms with Gasteiger partial charge in [0.15, 0.2) is 0 Å². The van der Waals surface area contributed by atoms with E-state index in [0.29, 0.717) is 12.1 Å². The summed E-state index contributed by atoms with van der Waals surface area (Å²) in [6, 6.07) is 6.98. The zero-order chi connectivity index (χ0) is 18.0. The normalized spacial score (nSPS) is 20.8. The summed E-state index contributed by atoms with van der Waals surface area (Å²) in [5.74, 6) is -0.113. The van der Waals surface area contributed by atoms with Crippen LogP contribution in [-0.2, 0) is 4.79 Å². The second-order valence-corrected chi connectivity index (χ2v) is 8.13. The first-order chi connectivity index (χ1) is 11.9. The largest absolute Gasteiger partial charge is 0.349 e. The summed E-state index contributed by atoms with van der Waals surface area (Å²) in [7, 11) is 0. The number of rotatable bonds is 5. The molecule has 1 atom stereocenters. The molecule has 5 heteroatoms. The van der Waals surface area contributed by atoms with Crippen molar-refractivity contribution in [2.75, 3.05) is 26.2 Å². The van der Waals surface area contributed by atoms with Crippen molar-refractivity contribution in [1.82, 2.24) is 15.1 Å². The summed E-state index contributed by atoms with van der Waals surface area (Å²) in [5.41, 5.74) is 1.17. The number of carbonyl (C=O) groups excluding carboxylic acids is 2. The summed E-state index contributed by atoms with van der Waals surface area (Å²) < 4.78 is 0. The van der Waals surface area contributed by atoms with Crippen LogP contribution < -0.4 is 5.32 Å². The molecule has 1 aromatic carbocycles. The monoisotopic (exact) mass is 343 g/mol. The average Bonchev–Trinajstić information content (AvgIpc) is 3.14. The van der Waals surface area contributed by atoms with Crippen molar-refractivity contribution in [2.24, 2.45) is 0 Å². The third-order valence-electron chi connectivity index (χ3n) is 4.88. The van der Waals surface area contributed by atoms with Gasteiger partial charge in [-0.15, -0.1) is 0 Å². The van der Waals surface area contributed by atoms with Crippen LogP contribution in [0.2, 0.25) is 0 Å². The fraction of sp³-hybridized carbons (Fsp3) is 0.600. The fourth-order valence-electron chi connectivity index (χ4n) is 3.79. The van der Waals surface area contributed by atoms with Gasteiger partial charge in [0.2, 0.25) is 5.91 Å². The van der Waals surface area contributed by atoms with Crippen molar-refractivity contribution in [2.45, 2.75) is 51.6 Å². The molecule has 5 nitrogen and oxygen atoms in total. The summed E-state index contributed by atoms with van der Waals surface area (Å²) in [4.78, 5) is 29.9. The topological polar surface area (TPSA) is 52.7 Å². The number of hydrogen-bond acceptors (Lipinski definition) is 3. The number of benzene rings is 1. The number of amides is 2. The van der Waals surface area contributed by atoms with Crippen molar-refractivity contribution >= 4 is 11.8 Å². The molecule has 2 aliphatic rings. The van der Waals surface area contributed by atoms with Crippen LogP contribution in [0.25, 0.3) is 0 Å². The molecule has 1 saturated heterocycles. The number of nitrogens with zero attached hydrogens (tertiary/aromatic N) is 2. The van der Waals surface area contributed by atoms with Crippen LogP contribution in [0, 0.1) is 0 Å². The van der Waals surface area contributed by atoms with Gasteiger partial charge in [-0.1, -0.05) is 18.2 Å². The van der Waals surface area contributed by atoms with Crippen molar-refractivity contribution in [3.8, 4) is 0 Å². The van der Waals surface area contributed by atoms with E-state index >= 15 is 0 Å². The Hall–Kier alpha value is -1.88. The van der Waals surface area contributed by atoms with Gasteiger partial charge in [0, 0.05) is 17.6 Å². The lowest BCUT2D eigenvalue weighted by molar-refractivity contribution is -0.127. The first-order valence-corrected chi connectivity index (χ1v) is 9.31. The Morgan fingerprint density at radius 3 is 2.52 bits per heavy atom. The van der Waals surface area contributed by atoms with E-state index in [2.05, 4.69) is 10.2 Å². The second-order valence-electron chi connectivity index (χ2n) is 8.13. The van der Waals surface area contributed by atoms with Gasteiger partial charge in [0.05, 0.1) is 0 Å². The Labute approximate surface area is 150 Å². The minimum absolute atomic E-state index is 0.0221.